The van der Waals surface area contributed by atoms with Gasteiger partial charge in [0.1, 0.15) is 0 Å². The minimum absolute atomic E-state index is 0.149. The first-order chi connectivity index (χ1) is 15.3. The highest BCUT2D eigenvalue weighted by molar-refractivity contribution is 6.24. The molecule has 4 heteroatoms. The van der Waals surface area contributed by atoms with Crippen molar-refractivity contribution in [3.05, 3.63) is 22.9 Å². The van der Waals surface area contributed by atoms with E-state index in [2.05, 4.69) is 16.1 Å². The first kappa shape index (κ1) is 22.4. The molecule has 0 atom stereocenters. The minimum atomic E-state index is -0.149. The summed E-state index contributed by atoms with van der Waals surface area (Å²) in [5.41, 5.74) is 4.27. The Morgan fingerprint density at radius 3 is 2.03 bits per heavy atom. The summed E-state index contributed by atoms with van der Waals surface area (Å²) < 4.78 is 0. The molecule has 1 saturated carbocycles. The molecule has 0 unspecified atom stereocenters. The van der Waals surface area contributed by atoms with E-state index in [1.165, 1.54) is 89.0 Å². The van der Waals surface area contributed by atoms with Crippen molar-refractivity contribution in [1.29, 1.82) is 0 Å². The molecule has 1 amide bonds. The number of hydrogen-bond donors (Lipinski definition) is 2. The number of allylic oxidation sites excluding steroid dienone is 2. The third-order valence-corrected chi connectivity index (χ3v) is 7.53. The number of hydrogen-bond acceptors (Lipinski definition) is 2. The third-order valence-electron chi connectivity index (χ3n) is 7.53. The Balaban J connectivity index is 1.59. The number of carbonyl (C=O) groups is 1. The van der Waals surface area contributed by atoms with Crippen LogP contribution in [0.2, 0.25) is 0 Å². The van der Waals surface area contributed by atoms with Crippen molar-refractivity contribution in [2.75, 3.05) is 0 Å². The zero-order chi connectivity index (χ0) is 21.5. The van der Waals surface area contributed by atoms with E-state index in [-0.39, 0.29) is 17.7 Å². The number of aliphatic imine (C=N–C) groups is 1. The van der Waals surface area contributed by atoms with Crippen LogP contribution in [0.4, 0.5) is 0 Å². The lowest BCUT2D eigenvalue weighted by molar-refractivity contribution is 0.101. The number of rotatable bonds is 2. The molecule has 4 rings (SSSR count). The van der Waals surface area contributed by atoms with Crippen molar-refractivity contribution in [3.63, 3.8) is 0 Å². The van der Waals surface area contributed by atoms with E-state index in [4.69, 9.17) is 0 Å². The molecule has 1 aromatic rings. The topological polar surface area (TPSA) is 65.4 Å². The molecule has 1 aromatic heterocycles. The summed E-state index contributed by atoms with van der Waals surface area (Å²) >= 11 is 0. The van der Waals surface area contributed by atoms with Gasteiger partial charge >= 0.3 is 0 Å². The second kappa shape index (κ2) is 11.2. The van der Waals surface area contributed by atoms with Gasteiger partial charge in [0.2, 0.25) is 0 Å². The zero-order valence-corrected chi connectivity index (χ0v) is 19.2. The van der Waals surface area contributed by atoms with Crippen LogP contribution in [0, 0.1) is 5.92 Å². The summed E-state index contributed by atoms with van der Waals surface area (Å²) in [6, 6.07) is 0. The van der Waals surface area contributed by atoms with Gasteiger partial charge < -0.3 is 10.1 Å². The van der Waals surface area contributed by atoms with Crippen LogP contribution in [-0.2, 0) is 0 Å². The zero-order valence-electron chi connectivity index (χ0n) is 19.2. The average Bonchev–Trinajstić information content (AvgIpc) is 3.27. The second-order valence-electron chi connectivity index (χ2n) is 9.89. The quantitative estimate of drug-likeness (QED) is 0.510. The number of nitrogens with one attached hydrogen (secondary N) is 1. The van der Waals surface area contributed by atoms with Gasteiger partial charge in [0, 0.05) is 5.92 Å². The predicted octanol–water partition coefficient (Wildman–Crippen LogP) is 7.71. The largest absolute Gasteiger partial charge is 0.494 e. The summed E-state index contributed by atoms with van der Waals surface area (Å²) in [6.07, 6.45) is 24.2. The smallest absolute Gasteiger partial charge is 0.280 e. The van der Waals surface area contributed by atoms with E-state index in [1.807, 2.05) is 0 Å². The molecule has 0 bridgehead atoms. The van der Waals surface area contributed by atoms with Gasteiger partial charge in [0.15, 0.2) is 5.88 Å². The van der Waals surface area contributed by atoms with E-state index < -0.39 is 0 Å². The average molecular weight is 425 g/mol. The van der Waals surface area contributed by atoms with E-state index >= 15 is 0 Å². The standard InChI is InChI=1S/C27H40N2O2/c30-26-22-23(25(29-26)21-18-14-10-6-3-7-11-15-19-21)27(31)28-24(22)20-16-12-8-4-1-2-5-9-13-17-20/h18,20,29-30H,1-17,19H2/b21-18+. The number of amides is 1. The summed E-state index contributed by atoms with van der Waals surface area (Å²) in [4.78, 5) is 20.8. The Bertz CT molecular complexity index is 805. The van der Waals surface area contributed by atoms with Crippen molar-refractivity contribution in [2.45, 2.75) is 116 Å². The number of H-pyrrole nitrogens is 1. The maximum Gasteiger partial charge on any atom is 0.280 e. The molecule has 0 aromatic carbocycles. The highest BCUT2D eigenvalue weighted by atomic mass is 16.3. The van der Waals surface area contributed by atoms with Crippen LogP contribution >= 0.6 is 0 Å². The van der Waals surface area contributed by atoms with Gasteiger partial charge in [-0.15, -0.1) is 0 Å². The summed E-state index contributed by atoms with van der Waals surface area (Å²) in [7, 11) is 0. The van der Waals surface area contributed by atoms with E-state index in [9.17, 15) is 9.90 Å². The lowest BCUT2D eigenvalue weighted by atomic mass is 9.87. The van der Waals surface area contributed by atoms with Crippen LogP contribution in [0.5, 0.6) is 5.88 Å². The van der Waals surface area contributed by atoms with Crippen molar-refractivity contribution >= 4 is 17.2 Å². The first-order valence-corrected chi connectivity index (χ1v) is 13.0. The number of nitrogens with zero attached hydrogens (tertiary/aromatic N) is 1. The summed E-state index contributed by atoms with van der Waals surface area (Å²) in [5.74, 6) is 0.293. The molecule has 3 aliphatic rings. The molecule has 2 aliphatic carbocycles. The van der Waals surface area contributed by atoms with Crippen LogP contribution < -0.4 is 0 Å². The minimum Gasteiger partial charge on any atom is -0.494 e. The Hall–Kier alpha value is -1.84. The van der Waals surface area contributed by atoms with E-state index in [0.29, 0.717) is 5.56 Å². The van der Waals surface area contributed by atoms with Gasteiger partial charge in [0.25, 0.3) is 5.91 Å². The van der Waals surface area contributed by atoms with Gasteiger partial charge in [-0.25, -0.2) is 4.99 Å². The van der Waals surface area contributed by atoms with Gasteiger partial charge in [-0.3, -0.25) is 4.79 Å². The fourth-order valence-corrected chi connectivity index (χ4v) is 5.74. The highest BCUT2D eigenvalue weighted by Crippen LogP contribution is 2.40. The Morgan fingerprint density at radius 2 is 1.35 bits per heavy atom. The van der Waals surface area contributed by atoms with Gasteiger partial charge in [0.05, 0.1) is 22.5 Å². The molecule has 1 fully saturated rings. The molecule has 0 radical (unpaired) electrons. The molecule has 31 heavy (non-hydrogen) atoms. The lowest BCUT2D eigenvalue weighted by Crippen LogP contribution is -2.14. The fourth-order valence-electron chi connectivity index (χ4n) is 5.74. The van der Waals surface area contributed by atoms with E-state index in [0.717, 1.165) is 49.1 Å². The number of fused-ring (bicyclic) bond motifs is 1. The van der Waals surface area contributed by atoms with Gasteiger partial charge in [-0.1, -0.05) is 83.1 Å². The summed E-state index contributed by atoms with van der Waals surface area (Å²) in [5, 5.41) is 10.9. The second-order valence-corrected chi connectivity index (χ2v) is 9.89. The van der Waals surface area contributed by atoms with Crippen LogP contribution in [0.15, 0.2) is 11.1 Å². The van der Waals surface area contributed by atoms with E-state index in [1.54, 1.807) is 0 Å². The highest BCUT2D eigenvalue weighted by Gasteiger charge is 2.36. The number of aromatic nitrogens is 1. The maximum atomic E-state index is 13.1. The predicted molar refractivity (Wildman–Crippen MR) is 128 cm³/mol. The SMILES string of the molecule is O=C1N=C(C2CCCCCCCCCC2)c2c(O)[nH]c(/C3=C/CCCCCCCC3)c21. The van der Waals surface area contributed by atoms with Crippen LogP contribution in [0.3, 0.4) is 0 Å². The molecule has 2 heterocycles. The molecular weight excluding hydrogens is 384 g/mol. The fraction of sp³-hybridized carbons (Fsp3) is 0.704. The van der Waals surface area contributed by atoms with Crippen LogP contribution in [0.25, 0.3) is 5.57 Å². The van der Waals surface area contributed by atoms with Crippen molar-refractivity contribution in [1.82, 2.24) is 4.98 Å². The van der Waals surface area contributed by atoms with Crippen molar-refractivity contribution < 1.29 is 9.90 Å². The van der Waals surface area contributed by atoms with Gasteiger partial charge in [-0.05, 0) is 44.1 Å². The molecular formula is C27H40N2O2. The Labute approximate surface area is 187 Å². The lowest BCUT2D eigenvalue weighted by Gasteiger charge is -2.17. The normalized spacial score (nSPS) is 24.6. The molecule has 4 nitrogen and oxygen atoms in total. The van der Waals surface area contributed by atoms with Gasteiger partial charge in [-0.2, -0.15) is 0 Å². The molecule has 170 valence electrons. The molecule has 1 aliphatic heterocycles. The summed E-state index contributed by atoms with van der Waals surface area (Å²) in [6.45, 7) is 0. The first-order valence-electron chi connectivity index (χ1n) is 13.0. The van der Waals surface area contributed by atoms with Crippen molar-refractivity contribution in [2.24, 2.45) is 10.9 Å². The Kier molecular flexibility index (Phi) is 8.04. The molecule has 0 spiro atoms. The van der Waals surface area contributed by atoms with Crippen LogP contribution in [-0.4, -0.2) is 21.7 Å². The third kappa shape index (κ3) is 5.51. The van der Waals surface area contributed by atoms with Crippen molar-refractivity contribution in [3.8, 4) is 5.88 Å². The Morgan fingerprint density at radius 1 is 0.774 bits per heavy atom. The number of carbonyl (C=O) groups excluding carboxylic acids is 1. The monoisotopic (exact) mass is 424 g/mol. The maximum absolute atomic E-state index is 13.1. The molecule has 2 N–H and O–H groups in total. The number of aromatic hydroxyl groups is 1. The molecule has 0 saturated heterocycles. The van der Waals surface area contributed by atoms with Crippen LogP contribution in [0.1, 0.15) is 137 Å². The number of aromatic amines is 1.